The lowest BCUT2D eigenvalue weighted by molar-refractivity contribution is -0.121. The molecular weight excluding hydrogens is 464 g/mol. The maximum absolute atomic E-state index is 13.2. The average molecular weight is 513 g/mol. The number of rotatable bonds is 22. The van der Waals surface area contributed by atoms with Gasteiger partial charge in [-0.05, 0) is 54.0 Å². The summed E-state index contributed by atoms with van der Waals surface area (Å²) in [6, 6.07) is 0. The number of carbonyl (C=O) groups is 1. The zero-order chi connectivity index (χ0) is 23.8. The molecule has 2 saturated heterocycles. The van der Waals surface area contributed by atoms with Crippen molar-refractivity contribution in [3.05, 3.63) is 0 Å². The molecule has 0 aromatic heterocycles. The Morgan fingerprint density at radius 1 is 0.970 bits per heavy atom. The quantitative estimate of drug-likeness (QED) is 0.0885. The number of fused-ring (bicyclic) bond motifs is 1. The Kier molecular flexibility index (Phi) is 14.5. The van der Waals surface area contributed by atoms with Crippen LogP contribution >= 0.6 is 9.34 Å². The van der Waals surface area contributed by atoms with Crippen LogP contribution in [0.4, 0.5) is 0 Å². The maximum atomic E-state index is 13.2. The number of unbranched alkanes of at least 4 members (excludes halogenated alkanes) is 2. The van der Waals surface area contributed by atoms with Crippen molar-refractivity contribution in [1.29, 1.82) is 0 Å². The van der Waals surface area contributed by atoms with Crippen LogP contribution < -0.4 is 11.1 Å². The number of ether oxygens (including phenoxy) is 3. The predicted molar refractivity (Wildman–Crippen MR) is 138 cm³/mol. The Labute approximate surface area is 202 Å². The van der Waals surface area contributed by atoms with E-state index in [9.17, 15) is 9.00 Å². The highest BCUT2D eigenvalue weighted by atomic mass is 33.3. The van der Waals surface area contributed by atoms with Crippen LogP contribution in [-0.4, -0.2) is 85.5 Å². The van der Waals surface area contributed by atoms with Crippen molar-refractivity contribution in [3.8, 4) is 0 Å². The first-order valence-electron chi connectivity index (χ1n) is 12.8. The number of hydrogen-bond donors (Lipinski definition) is 3. The second kappa shape index (κ2) is 16.4. The van der Waals surface area contributed by atoms with Crippen LogP contribution in [0.25, 0.3) is 0 Å². The molecule has 2 fully saturated rings. The molecule has 1 amide bonds. The highest BCUT2D eigenvalue weighted by Gasteiger charge is 2.64. The Morgan fingerprint density at radius 2 is 1.67 bits per heavy atom. The van der Waals surface area contributed by atoms with Gasteiger partial charge in [0, 0.05) is 37.2 Å². The van der Waals surface area contributed by atoms with Gasteiger partial charge >= 0.3 is 0 Å². The Bertz CT molecular complexity index is 597. The molecule has 0 aromatic rings. The Hall–Kier alpha value is -0.230. The second-order valence-electron chi connectivity index (χ2n) is 8.88. The van der Waals surface area contributed by atoms with Gasteiger partial charge in [-0.1, -0.05) is 29.1 Å². The lowest BCUT2D eigenvalue weighted by Crippen LogP contribution is -2.25. The van der Waals surface area contributed by atoms with E-state index in [2.05, 4.69) is 12.2 Å². The summed E-state index contributed by atoms with van der Waals surface area (Å²) in [4.78, 5) is 12.0. The van der Waals surface area contributed by atoms with Crippen LogP contribution in [0, 0.1) is 0 Å². The van der Waals surface area contributed by atoms with Crippen LogP contribution in [0.1, 0.15) is 64.7 Å². The highest BCUT2D eigenvalue weighted by Crippen LogP contribution is 2.82. The van der Waals surface area contributed by atoms with Gasteiger partial charge in [0.05, 0.1) is 38.1 Å². The summed E-state index contributed by atoms with van der Waals surface area (Å²) in [6.07, 6.45) is 8.32. The van der Waals surface area contributed by atoms with E-state index in [0.29, 0.717) is 64.4 Å². The fraction of sp³-hybridized carbons (Fsp3) is 0.957. The summed E-state index contributed by atoms with van der Waals surface area (Å²) in [5, 5.41) is 4.20. The van der Waals surface area contributed by atoms with E-state index < -0.39 is 18.3 Å². The lowest BCUT2D eigenvalue weighted by atomic mass is 10.1. The Balaban J connectivity index is 1.36. The van der Waals surface area contributed by atoms with Crippen molar-refractivity contribution in [2.75, 3.05) is 70.2 Å². The van der Waals surface area contributed by atoms with E-state index >= 15 is 0 Å². The van der Waals surface area contributed by atoms with Gasteiger partial charge in [-0.25, -0.2) is 0 Å². The van der Waals surface area contributed by atoms with Crippen molar-refractivity contribution in [2.45, 2.75) is 70.0 Å². The van der Waals surface area contributed by atoms with Crippen LogP contribution in [0.5, 0.6) is 0 Å². The number of thiol groups is 1. The van der Waals surface area contributed by atoms with Crippen LogP contribution in [0.15, 0.2) is 0 Å². The first kappa shape index (κ1) is 29.0. The number of nitrogens with two attached hydrogens (primary N) is 1. The third-order valence-electron chi connectivity index (χ3n) is 6.21. The largest absolute Gasteiger partial charge is 0.379 e. The summed E-state index contributed by atoms with van der Waals surface area (Å²) < 4.78 is 35.6. The molecule has 8 nitrogen and oxygen atoms in total. The third-order valence-corrected chi connectivity index (χ3v) is 18.1. The van der Waals surface area contributed by atoms with Crippen molar-refractivity contribution < 1.29 is 27.4 Å². The van der Waals surface area contributed by atoms with Crippen molar-refractivity contribution >= 4 is 24.2 Å². The fourth-order valence-corrected chi connectivity index (χ4v) is 17.7. The summed E-state index contributed by atoms with van der Waals surface area (Å²) in [5.74, 6) is 1.15. The van der Waals surface area contributed by atoms with E-state index in [4.69, 9.17) is 24.1 Å². The van der Waals surface area contributed by atoms with Crippen LogP contribution in [-0.2, 0) is 32.2 Å². The van der Waals surface area contributed by atoms with Crippen molar-refractivity contribution in [3.63, 3.8) is 0 Å². The zero-order valence-corrected chi connectivity index (χ0v) is 22.3. The molecule has 33 heavy (non-hydrogen) atoms. The van der Waals surface area contributed by atoms with Gasteiger partial charge in [-0.15, -0.1) is 0 Å². The van der Waals surface area contributed by atoms with E-state index in [1.807, 2.05) is 0 Å². The van der Waals surface area contributed by atoms with Gasteiger partial charge in [0.1, 0.15) is 0 Å². The maximum Gasteiger partial charge on any atom is 0.219 e. The monoisotopic (exact) mass is 512 g/mol. The minimum Gasteiger partial charge on any atom is -0.379 e. The van der Waals surface area contributed by atoms with Gasteiger partial charge in [-0.3, -0.25) is 9.00 Å². The molecule has 0 aliphatic carbocycles. The van der Waals surface area contributed by atoms with Crippen LogP contribution in [0.3, 0.4) is 0 Å². The van der Waals surface area contributed by atoms with Crippen molar-refractivity contribution in [2.24, 2.45) is 5.73 Å². The fourth-order valence-electron chi connectivity index (χ4n) is 4.14. The molecule has 0 bridgehead atoms. The molecule has 0 saturated carbocycles. The molecule has 2 rings (SSSR count). The van der Waals surface area contributed by atoms with E-state index in [0.717, 1.165) is 68.8 Å². The Morgan fingerprint density at radius 3 is 2.33 bits per heavy atom. The number of amides is 1. The predicted octanol–water partition coefficient (Wildman–Crippen LogP) is 2.66. The first-order valence-corrected chi connectivity index (χ1v) is 17.3. The van der Waals surface area contributed by atoms with Gasteiger partial charge in [0.15, 0.2) is 0 Å². The normalized spacial score (nSPS) is 25.8. The molecule has 2 atom stereocenters. The molecule has 0 spiro atoms. The van der Waals surface area contributed by atoms with E-state index in [1.165, 1.54) is 0 Å². The molecule has 2 unspecified atom stereocenters. The first-order chi connectivity index (χ1) is 16.1. The number of hydrogen-bond acceptors (Lipinski definition) is 7. The lowest BCUT2D eigenvalue weighted by Gasteiger charge is -2.18. The molecule has 2 aliphatic rings. The van der Waals surface area contributed by atoms with Crippen LogP contribution in [0.2, 0.25) is 0 Å². The van der Waals surface area contributed by atoms with Gasteiger partial charge in [-0.2, -0.15) is 0 Å². The zero-order valence-electron chi connectivity index (χ0n) is 20.6. The summed E-state index contributed by atoms with van der Waals surface area (Å²) in [5.41, 5.74) is 5.39. The second-order valence-corrected chi connectivity index (χ2v) is 18.1. The third kappa shape index (κ3) is 10.1. The molecule has 10 heteroatoms. The molecule has 198 valence electrons. The topological polar surface area (TPSA) is 109 Å². The smallest absolute Gasteiger partial charge is 0.219 e. The molecule has 0 aromatic carbocycles. The summed E-state index contributed by atoms with van der Waals surface area (Å²) >= 11 is 0. The molecule has 2 heterocycles. The van der Waals surface area contributed by atoms with Gasteiger partial charge in [0.25, 0.3) is 0 Å². The SMILES string of the molecule is CCCCOS12CCC(CCCCC(=O)NCCCOCCOCCOCCCN)[SH]1(=O)C2. The molecule has 2 aliphatic heterocycles. The highest BCUT2D eigenvalue weighted by molar-refractivity contribution is 9.07. The van der Waals surface area contributed by atoms with E-state index in [-0.39, 0.29) is 5.91 Å². The van der Waals surface area contributed by atoms with Crippen molar-refractivity contribution in [1.82, 2.24) is 5.32 Å². The molecular formula is C23H48N2O6S2. The number of nitrogens with one attached hydrogen (secondary N) is 1. The number of carbonyl (C=O) groups excluding carboxylic acids is 1. The molecule has 0 radical (unpaired) electrons. The average Bonchev–Trinajstić information content (AvgIpc) is 3.31. The van der Waals surface area contributed by atoms with Gasteiger partial charge in [0.2, 0.25) is 5.91 Å². The standard InChI is InChI=1S/C23H48N2O6S2/c1-2-3-15-31-32-20-10-22(33(32,27)21-32)8-4-5-9-23(26)25-12-7-14-29-17-19-30-18-16-28-13-6-11-24/h22,33H,2-21,24H2,1H3,(H,25,26). The summed E-state index contributed by atoms with van der Waals surface area (Å²) in [6.45, 7) is 7.77. The minimum absolute atomic E-state index is 0.0975. The minimum atomic E-state index is -2.04. The molecule has 3 N–H and O–H groups in total. The van der Waals surface area contributed by atoms with Gasteiger partial charge < -0.3 is 29.4 Å². The summed E-state index contributed by atoms with van der Waals surface area (Å²) in [7, 11) is -3.23. The van der Waals surface area contributed by atoms with E-state index in [1.54, 1.807) is 0 Å².